The number of halogens is 2. The predicted octanol–water partition coefficient (Wildman–Crippen LogP) is 3.12. The van der Waals surface area contributed by atoms with Gasteiger partial charge in [-0.2, -0.15) is 0 Å². The smallest absolute Gasteiger partial charge is 0.141 e. The predicted molar refractivity (Wildman–Crippen MR) is 69.4 cm³/mol. The highest BCUT2D eigenvalue weighted by Crippen LogP contribution is 2.45. The molecule has 1 saturated carbocycles. The monoisotopic (exact) mass is 301 g/mol. The Morgan fingerprint density at radius 3 is 2.65 bits per heavy atom. The summed E-state index contributed by atoms with van der Waals surface area (Å²) < 4.78 is 19.8. The lowest BCUT2D eigenvalue weighted by atomic mass is 9.64. The van der Waals surface area contributed by atoms with Crippen LogP contribution in [-0.2, 0) is 16.8 Å². The highest BCUT2D eigenvalue weighted by molar-refractivity contribution is 9.10. The maximum atomic E-state index is 14.2. The van der Waals surface area contributed by atoms with Crippen molar-refractivity contribution in [2.45, 2.75) is 31.3 Å². The third-order valence-electron chi connectivity index (χ3n) is 3.67. The van der Waals surface area contributed by atoms with Gasteiger partial charge in [-0.05, 0) is 52.0 Å². The van der Waals surface area contributed by atoms with Crippen LogP contribution >= 0.6 is 15.9 Å². The fourth-order valence-electron chi connectivity index (χ4n) is 2.47. The Bertz CT molecular complexity index is 413. The number of rotatable bonds is 4. The Morgan fingerprint density at radius 1 is 1.47 bits per heavy atom. The van der Waals surface area contributed by atoms with Gasteiger partial charge in [-0.25, -0.2) is 4.39 Å². The summed E-state index contributed by atoms with van der Waals surface area (Å²) in [4.78, 5) is 0. The van der Waals surface area contributed by atoms with Crippen LogP contribution in [0.2, 0.25) is 0 Å². The molecule has 17 heavy (non-hydrogen) atoms. The number of nitrogens with two attached hydrogens (primary N) is 1. The Kier molecular flexibility index (Phi) is 3.85. The number of hydrogen-bond donors (Lipinski definition) is 1. The summed E-state index contributed by atoms with van der Waals surface area (Å²) in [6, 6.07) is 3.67. The molecule has 1 aliphatic rings. The topological polar surface area (TPSA) is 35.2 Å². The maximum absolute atomic E-state index is 14.2. The number of ether oxygens (including phenoxy) is 1. The van der Waals surface area contributed by atoms with Gasteiger partial charge in [0.1, 0.15) is 5.82 Å². The fraction of sp³-hybridized carbons (Fsp3) is 0.538. The summed E-state index contributed by atoms with van der Waals surface area (Å²) in [5.41, 5.74) is 7.40. The van der Waals surface area contributed by atoms with Gasteiger partial charge in [0.15, 0.2) is 0 Å². The zero-order chi connectivity index (χ0) is 12.5. The van der Waals surface area contributed by atoms with E-state index in [1.807, 2.05) is 6.07 Å². The maximum Gasteiger partial charge on any atom is 0.141 e. The van der Waals surface area contributed by atoms with Crippen molar-refractivity contribution in [1.29, 1.82) is 0 Å². The molecule has 0 unspecified atom stereocenters. The number of benzene rings is 1. The molecule has 0 saturated heterocycles. The summed E-state index contributed by atoms with van der Waals surface area (Å²) in [5, 5.41) is 0. The Balaban J connectivity index is 2.44. The van der Waals surface area contributed by atoms with Crippen molar-refractivity contribution < 1.29 is 9.13 Å². The van der Waals surface area contributed by atoms with E-state index in [2.05, 4.69) is 15.9 Å². The third-order valence-corrected chi connectivity index (χ3v) is 4.25. The molecule has 2 rings (SSSR count). The fourth-order valence-corrected chi connectivity index (χ4v) is 2.98. The molecule has 1 aliphatic carbocycles. The van der Waals surface area contributed by atoms with E-state index in [4.69, 9.17) is 10.5 Å². The molecule has 0 spiro atoms. The van der Waals surface area contributed by atoms with Crippen molar-refractivity contribution >= 4 is 15.9 Å². The SMILES string of the molecule is COCc1cc(Br)c(F)c(C2(CN)CCC2)c1. The molecule has 4 heteroatoms. The molecular formula is C13H17BrFNO. The van der Waals surface area contributed by atoms with Gasteiger partial charge in [-0.15, -0.1) is 0 Å². The van der Waals surface area contributed by atoms with Gasteiger partial charge < -0.3 is 10.5 Å². The van der Waals surface area contributed by atoms with Gasteiger partial charge in [-0.3, -0.25) is 0 Å². The second kappa shape index (κ2) is 5.04. The van der Waals surface area contributed by atoms with E-state index >= 15 is 0 Å². The second-order valence-electron chi connectivity index (χ2n) is 4.71. The van der Waals surface area contributed by atoms with Crippen LogP contribution in [0.4, 0.5) is 4.39 Å². The molecule has 0 bridgehead atoms. The summed E-state index contributed by atoms with van der Waals surface area (Å²) in [6.07, 6.45) is 3.08. The molecule has 2 nitrogen and oxygen atoms in total. The lowest BCUT2D eigenvalue weighted by Crippen LogP contribution is -2.42. The second-order valence-corrected chi connectivity index (χ2v) is 5.56. The highest BCUT2D eigenvalue weighted by Gasteiger charge is 2.39. The molecule has 94 valence electrons. The Hall–Kier alpha value is -0.450. The molecule has 1 aromatic carbocycles. The van der Waals surface area contributed by atoms with E-state index in [9.17, 15) is 4.39 Å². The minimum Gasteiger partial charge on any atom is -0.380 e. The van der Waals surface area contributed by atoms with Gasteiger partial charge in [0, 0.05) is 19.1 Å². The molecule has 1 fully saturated rings. The van der Waals surface area contributed by atoms with Crippen molar-refractivity contribution in [2.24, 2.45) is 5.73 Å². The van der Waals surface area contributed by atoms with E-state index in [1.54, 1.807) is 13.2 Å². The van der Waals surface area contributed by atoms with Crippen LogP contribution < -0.4 is 5.73 Å². The molecular weight excluding hydrogens is 285 g/mol. The van der Waals surface area contributed by atoms with E-state index in [1.165, 1.54) is 0 Å². The largest absolute Gasteiger partial charge is 0.380 e. The van der Waals surface area contributed by atoms with Crippen LogP contribution in [0.15, 0.2) is 16.6 Å². The quantitative estimate of drug-likeness (QED) is 0.927. The van der Waals surface area contributed by atoms with Crippen molar-refractivity contribution in [1.82, 2.24) is 0 Å². The minimum absolute atomic E-state index is 0.156. The number of hydrogen-bond acceptors (Lipinski definition) is 2. The van der Waals surface area contributed by atoms with Crippen LogP contribution in [0, 0.1) is 5.82 Å². The normalized spacial score (nSPS) is 17.9. The lowest BCUT2D eigenvalue weighted by molar-refractivity contribution is 0.184. The van der Waals surface area contributed by atoms with Crippen molar-refractivity contribution in [3.8, 4) is 0 Å². The minimum atomic E-state index is -0.171. The first-order chi connectivity index (χ1) is 8.13. The average molecular weight is 302 g/mol. The van der Waals surface area contributed by atoms with Crippen LogP contribution in [0.5, 0.6) is 0 Å². The van der Waals surface area contributed by atoms with Crippen molar-refractivity contribution in [3.63, 3.8) is 0 Å². The zero-order valence-electron chi connectivity index (χ0n) is 9.93. The first kappa shape index (κ1) is 13.0. The van der Waals surface area contributed by atoms with E-state index < -0.39 is 0 Å². The third kappa shape index (κ3) is 2.26. The van der Waals surface area contributed by atoms with Gasteiger partial charge in [0.2, 0.25) is 0 Å². The zero-order valence-corrected chi connectivity index (χ0v) is 11.5. The summed E-state index contributed by atoms with van der Waals surface area (Å²) in [7, 11) is 1.64. The van der Waals surface area contributed by atoms with Crippen LogP contribution in [0.25, 0.3) is 0 Å². The highest BCUT2D eigenvalue weighted by atomic mass is 79.9. The molecule has 1 aromatic rings. The standard InChI is InChI=1S/C13H17BrFNO/c1-17-7-9-5-10(12(15)11(14)6-9)13(8-16)3-2-4-13/h5-6H,2-4,7-8,16H2,1H3. The van der Waals surface area contributed by atoms with Crippen LogP contribution in [-0.4, -0.2) is 13.7 Å². The Labute approximate surface area is 109 Å². The molecule has 0 atom stereocenters. The van der Waals surface area contributed by atoms with Gasteiger partial charge in [0.05, 0.1) is 11.1 Å². The molecule has 0 heterocycles. The summed E-state index contributed by atoms with van der Waals surface area (Å²) in [6.45, 7) is 0.999. The van der Waals surface area contributed by atoms with E-state index in [0.29, 0.717) is 17.6 Å². The molecule has 0 radical (unpaired) electrons. The molecule has 0 aliphatic heterocycles. The summed E-state index contributed by atoms with van der Waals surface area (Å²) in [5.74, 6) is -0.171. The summed E-state index contributed by atoms with van der Waals surface area (Å²) >= 11 is 3.27. The van der Waals surface area contributed by atoms with E-state index in [-0.39, 0.29) is 11.2 Å². The average Bonchev–Trinajstić information content (AvgIpc) is 2.24. The van der Waals surface area contributed by atoms with Crippen molar-refractivity contribution in [3.05, 3.63) is 33.5 Å². The van der Waals surface area contributed by atoms with E-state index in [0.717, 1.165) is 30.4 Å². The molecule has 0 aromatic heterocycles. The Morgan fingerprint density at radius 2 is 2.18 bits per heavy atom. The first-order valence-corrected chi connectivity index (χ1v) is 6.60. The first-order valence-electron chi connectivity index (χ1n) is 5.80. The van der Waals surface area contributed by atoms with Gasteiger partial charge in [-0.1, -0.05) is 6.42 Å². The number of methoxy groups -OCH3 is 1. The van der Waals surface area contributed by atoms with Crippen molar-refractivity contribution in [2.75, 3.05) is 13.7 Å². The van der Waals surface area contributed by atoms with Gasteiger partial charge >= 0.3 is 0 Å². The van der Waals surface area contributed by atoms with Crippen LogP contribution in [0.3, 0.4) is 0 Å². The molecule has 2 N–H and O–H groups in total. The lowest BCUT2D eigenvalue weighted by Gasteiger charge is -2.42. The van der Waals surface area contributed by atoms with Gasteiger partial charge in [0.25, 0.3) is 0 Å². The van der Waals surface area contributed by atoms with Crippen LogP contribution in [0.1, 0.15) is 30.4 Å². The molecule has 0 amide bonds.